The van der Waals surface area contributed by atoms with E-state index in [9.17, 15) is 0 Å². The predicted molar refractivity (Wildman–Crippen MR) is 226 cm³/mol. The zero-order valence-electron chi connectivity index (χ0n) is 31.0. The number of hydrogen-bond acceptors (Lipinski definition) is 4. The van der Waals surface area contributed by atoms with E-state index in [2.05, 4.69) is 173 Å². The van der Waals surface area contributed by atoms with Gasteiger partial charge in [-0.05, 0) is 128 Å². The van der Waals surface area contributed by atoms with Crippen LogP contribution in [0.25, 0.3) is 76.5 Å². The standard InChI is InChI=1S/C50H40N2O2/c1-49(2)29-53-47(51-49)33-25-21-31(22-26-33)43-35-13-5-9-17-39(35)45(40-18-10-6-14-36(40)43)46-41-19-11-7-15-37(41)44(38-16-8-12-20-42(38)46)32-23-27-34(28-24-32)48-52-50(3,4)30-54-48/h5-28H,29-30H2,1-4H3. The molecule has 2 aliphatic rings. The second-order valence-corrected chi connectivity index (χ2v) is 15.9. The molecule has 8 aromatic carbocycles. The summed E-state index contributed by atoms with van der Waals surface area (Å²) in [6, 6.07) is 53.1. The first-order valence-electron chi connectivity index (χ1n) is 18.8. The highest BCUT2D eigenvalue weighted by atomic mass is 16.5. The van der Waals surface area contributed by atoms with Crippen molar-refractivity contribution in [1.29, 1.82) is 0 Å². The van der Waals surface area contributed by atoms with Crippen molar-refractivity contribution in [1.82, 2.24) is 0 Å². The molecule has 10 rings (SSSR count). The van der Waals surface area contributed by atoms with E-state index >= 15 is 0 Å². The van der Waals surface area contributed by atoms with E-state index in [4.69, 9.17) is 19.5 Å². The highest BCUT2D eigenvalue weighted by molar-refractivity contribution is 6.30. The van der Waals surface area contributed by atoms with Crippen LogP contribution in [0.3, 0.4) is 0 Å². The normalized spacial score (nSPS) is 16.1. The van der Waals surface area contributed by atoms with Crippen LogP contribution in [0.2, 0.25) is 0 Å². The van der Waals surface area contributed by atoms with E-state index in [0.29, 0.717) is 13.2 Å². The van der Waals surface area contributed by atoms with E-state index < -0.39 is 0 Å². The molecule has 0 N–H and O–H groups in total. The molecule has 0 bridgehead atoms. The molecule has 2 heterocycles. The SMILES string of the molecule is CC1(C)COC(c2ccc(-c3c4ccccc4c(-c4c5ccccc5c(-c5ccc(C6=NC(C)(C)CO6)cc5)c5ccccc45)c4ccccc34)cc2)=N1. The molecule has 0 fully saturated rings. The van der Waals surface area contributed by atoms with Gasteiger partial charge in [0.05, 0.1) is 11.1 Å². The minimum Gasteiger partial charge on any atom is -0.475 e. The van der Waals surface area contributed by atoms with Gasteiger partial charge in [-0.1, -0.05) is 121 Å². The summed E-state index contributed by atoms with van der Waals surface area (Å²) in [5.41, 5.74) is 8.92. The molecule has 4 nitrogen and oxygen atoms in total. The first-order chi connectivity index (χ1) is 26.2. The highest BCUT2D eigenvalue weighted by Crippen LogP contribution is 2.50. The van der Waals surface area contributed by atoms with Gasteiger partial charge in [0.2, 0.25) is 11.8 Å². The van der Waals surface area contributed by atoms with Crippen molar-refractivity contribution in [2.75, 3.05) is 13.2 Å². The van der Waals surface area contributed by atoms with E-state index in [1.807, 2.05) is 0 Å². The lowest BCUT2D eigenvalue weighted by Crippen LogP contribution is -2.17. The third-order valence-corrected chi connectivity index (χ3v) is 10.9. The molecule has 0 saturated heterocycles. The smallest absolute Gasteiger partial charge is 0.216 e. The molecule has 262 valence electrons. The van der Waals surface area contributed by atoms with Gasteiger partial charge in [0.25, 0.3) is 0 Å². The summed E-state index contributed by atoms with van der Waals surface area (Å²) in [6.45, 7) is 9.62. The molecule has 0 aromatic heterocycles. The van der Waals surface area contributed by atoms with E-state index in [0.717, 1.165) is 22.9 Å². The Morgan fingerprint density at radius 3 is 0.815 bits per heavy atom. The molecule has 4 heteroatoms. The van der Waals surface area contributed by atoms with Crippen LogP contribution in [-0.2, 0) is 9.47 Å². The number of nitrogens with zero attached hydrogens (tertiary/aromatic N) is 2. The average Bonchev–Trinajstić information content (AvgIpc) is 3.76. The van der Waals surface area contributed by atoms with Crippen molar-refractivity contribution in [2.45, 2.75) is 38.8 Å². The Morgan fingerprint density at radius 2 is 0.574 bits per heavy atom. The average molecular weight is 701 g/mol. The van der Waals surface area contributed by atoms with Crippen molar-refractivity contribution < 1.29 is 9.47 Å². The Bertz CT molecular complexity index is 2550. The number of ether oxygens (including phenoxy) is 2. The first-order valence-corrected chi connectivity index (χ1v) is 18.8. The monoisotopic (exact) mass is 700 g/mol. The number of hydrogen-bond donors (Lipinski definition) is 0. The molecule has 0 atom stereocenters. The molecular formula is C50H40N2O2. The maximum Gasteiger partial charge on any atom is 0.216 e. The van der Waals surface area contributed by atoms with E-state index in [-0.39, 0.29) is 11.1 Å². The van der Waals surface area contributed by atoms with Gasteiger partial charge in [-0.15, -0.1) is 0 Å². The number of benzene rings is 8. The minimum atomic E-state index is -0.203. The van der Waals surface area contributed by atoms with Crippen molar-refractivity contribution >= 4 is 54.9 Å². The summed E-state index contributed by atoms with van der Waals surface area (Å²) in [5, 5.41) is 9.82. The Morgan fingerprint density at radius 1 is 0.333 bits per heavy atom. The van der Waals surface area contributed by atoms with Crippen LogP contribution in [0, 0.1) is 0 Å². The van der Waals surface area contributed by atoms with Gasteiger partial charge in [-0.2, -0.15) is 0 Å². The second-order valence-electron chi connectivity index (χ2n) is 15.9. The minimum absolute atomic E-state index is 0.203. The predicted octanol–water partition coefficient (Wildman–Crippen LogP) is 12.4. The first kappa shape index (κ1) is 32.4. The lowest BCUT2D eigenvalue weighted by molar-refractivity contribution is 0.279. The molecule has 0 saturated carbocycles. The van der Waals surface area contributed by atoms with Crippen LogP contribution in [0.5, 0.6) is 0 Å². The third-order valence-electron chi connectivity index (χ3n) is 10.9. The van der Waals surface area contributed by atoms with Crippen LogP contribution in [0.1, 0.15) is 38.8 Å². The Balaban J connectivity index is 1.21. The van der Waals surface area contributed by atoms with Gasteiger partial charge in [-0.25, -0.2) is 9.98 Å². The van der Waals surface area contributed by atoms with Crippen molar-refractivity contribution in [3.63, 3.8) is 0 Å². The van der Waals surface area contributed by atoms with Crippen LogP contribution in [0.15, 0.2) is 156 Å². The number of aliphatic imine (C=N–C) groups is 2. The number of fused-ring (bicyclic) bond motifs is 4. The van der Waals surface area contributed by atoms with Gasteiger partial charge >= 0.3 is 0 Å². The van der Waals surface area contributed by atoms with E-state index in [1.165, 1.54) is 76.5 Å². The quantitative estimate of drug-likeness (QED) is 0.168. The second kappa shape index (κ2) is 12.1. The van der Waals surface area contributed by atoms with Crippen LogP contribution >= 0.6 is 0 Å². The highest BCUT2D eigenvalue weighted by Gasteiger charge is 2.29. The zero-order valence-corrected chi connectivity index (χ0v) is 31.0. The van der Waals surface area contributed by atoms with Gasteiger partial charge in [-0.3, -0.25) is 0 Å². The fourth-order valence-corrected chi connectivity index (χ4v) is 8.44. The largest absolute Gasteiger partial charge is 0.475 e. The fourth-order valence-electron chi connectivity index (χ4n) is 8.44. The van der Waals surface area contributed by atoms with Gasteiger partial charge < -0.3 is 9.47 Å². The Kier molecular flexibility index (Phi) is 7.28. The zero-order chi connectivity index (χ0) is 36.6. The molecule has 54 heavy (non-hydrogen) atoms. The summed E-state index contributed by atoms with van der Waals surface area (Å²) < 4.78 is 12.0. The van der Waals surface area contributed by atoms with Crippen LogP contribution in [0.4, 0.5) is 0 Å². The summed E-state index contributed by atoms with van der Waals surface area (Å²) in [4.78, 5) is 9.65. The van der Waals surface area contributed by atoms with Gasteiger partial charge in [0.1, 0.15) is 13.2 Å². The Labute approximate surface area is 315 Å². The Hall–Kier alpha value is -6.26. The summed E-state index contributed by atoms with van der Waals surface area (Å²) in [6.07, 6.45) is 0. The molecule has 0 radical (unpaired) electrons. The summed E-state index contributed by atoms with van der Waals surface area (Å²) in [5.74, 6) is 1.44. The van der Waals surface area contributed by atoms with Crippen LogP contribution < -0.4 is 0 Å². The lowest BCUT2D eigenvalue weighted by Gasteiger charge is -2.22. The van der Waals surface area contributed by atoms with Crippen LogP contribution in [-0.4, -0.2) is 36.1 Å². The topological polar surface area (TPSA) is 43.2 Å². The molecule has 8 aromatic rings. The molecule has 0 aliphatic carbocycles. The van der Waals surface area contributed by atoms with Crippen molar-refractivity contribution in [3.05, 3.63) is 157 Å². The van der Waals surface area contributed by atoms with Crippen molar-refractivity contribution in [3.8, 4) is 33.4 Å². The maximum atomic E-state index is 5.99. The molecule has 0 spiro atoms. The van der Waals surface area contributed by atoms with Gasteiger partial charge in [0, 0.05) is 11.1 Å². The number of rotatable bonds is 5. The molecule has 0 amide bonds. The molecular weight excluding hydrogens is 661 g/mol. The molecule has 2 aliphatic heterocycles. The maximum absolute atomic E-state index is 5.99. The third kappa shape index (κ3) is 5.28. The van der Waals surface area contributed by atoms with E-state index in [1.54, 1.807) is 0 Å². The molecule has 0 unspecified atom stereocenters. The lowest BCUT2D eigenvalue weighted by atomic mass is 9.81. The van der Waals surface area contributed by atoms with Crippen molar-refractivity contribution in [2.24, 2.45) is 9.98 Å². The van der Waals surface area contributed by atoms with Gasteiger partial charge in [0.15, 0.2) is 0 Å². The summed E-state index contributed by atoms with van der Waals surface area (Å²) >= 11 is 0. The fraction of sp³-hybridized carbons (Fsp3) is 0.160. The summed E-state index contributed by atoms with van der Waals surface area (Å²) in [7, 11) is 0.